The van der Waals surface area contributed by atoms with E-state index in [9.17, 15) is 0 Å². The third-order valence-corrected chi connectivity index (χ3v) is 3.88. The summed E-state index contributed by atoms with van der Waals surface area (Å²) in [4.78, 5) is 2.73. The number of likely N-dealkylation sites (tertiary alicyclic amines) is 1. The summed E-state index contributed by atoms with van der Waals surface area (Å²) >= 11 is 0. The van der Waals surface area contributed by atoms with Crippen molar-refractivity contribution in [3.63, 3.8) is 0 Å². The quantitative estimate of drug-likeness (QED) is 0.673. The molecule has 1 fully saturated rings. The van der Waals surface area contributed by atoms with Crippen LogP contribution in [0.3, 0.4) is 0 Å². The fraction of sp³-hybridized carbons (Fsp3) is 1.00. The molecule has 2 atom stereocenters. The van der Waals surface area contributed by atoms with Gasteiger partial charge in [0, 0.05) is 6.04 Å². The maximum absolute atomic E-state index is 2.73. The second-order valence-electron chi connectivity index (χ2n) is 6.27. The Kier molecular flexibility index (Phi) is 6.41. The molecule has 0 radical (unpaired) electrons. The lowest BCUT2D eigenvalue weighted by molar-refractivity contribution is 0.184. The molecule has 1 heterocycles. The largest absolute Gasteiger partial charge is 0.301 e. The predicted molar refractivity (Wildman–Crippen MR) is 72.7 cm³/mol. The second kappa shape index (κ2) is 7.32. The molecule has 96 valence electrons. The minimum absolute atomic E-state index is 0.798. The lowest BCUT2D eigenvalue weighted by Crippen LogP contribution is -2.35. The van der Waals surface area contributed by atoms with E-state index in [-0.39, 0.29) is 0 Å². The Labute approximate surface area is 103 Å². The molecule has 0 aliphatic carbocycles. The predicted octanol–water partition coefficient (Wildman–Crippen LogP) is 4.32. The zero-order chi connectivity index (χ0) is 12.0. The molecule has 16 heavy (non-hydrogen) atoms. The minimum atomic E-state index is 0.798. The first kappa shape index (κ1) is 14.0. The molecule has 0 saturated carbocycles. The van der Waals surface area contributed by atoms with Crippen LogP contribution in [0.2, 0.25) is 0 Å². The van der Waals surface area contributed by atoms with Crippen LogP contribution in [0, 0.1) is 11.8 Å². The SMILES string of the molecule is CC(C)CC(C)CC(C)N1CCCCCC1. The van der Waals surface area contributed by atoms with Gasteiger partial charge < -0.3 is 4.90 Å². The Morgan fingerprint density at radius 2 is 1.38 bits per heavy atom. The van der Waals surface area contributed by atoms with Crippen molar-refractivity contribution < 1.29 is 0 Å². The zero-order valence-corrected chi connectivity index (χ0v) is 11.8. The van der Waals surface area contributed by atoms with E-state index in [4.69, 9.17) is 0 Å². The lowest BCUT2D eigenvalue weighted by Gasteiger charge is -2.30. The summed E-state index contributed by atoms with van der Waals surface area (Å²) in [6, 6.07) is 0.798. The molecular weight excluding hydrogens is 194 g/mol. The fourth-order valence-electron chi connectivity index (χ4n) is 3.17. The normalized spacial score (nSPS) is 23.1. The van der Waals surface area contributed by atoms with Gasteiger partial charge in [0.05, 0.1) is 0 Å². The Balaban J connectivity index is 2.29. The van der Waals surface area contributed by atoms with Crippen molar-refractivity contribution in [1.29, 1.82) is 0 Å². The van der Waals surface area contributed by atoms with Crippen molar-refractivity contribution in [2.24, 2.45) is 11.8 Å². The number of hydrogen-bond donors (Lipinski definition) is 0. The molecule has 0 bridgehead atoms. The highest BCUT2D eigenvalue weighted by molar-refractivity contribution is 4.73. The van der Waals surface area contributed by atoms with Crippen molar-refractivity contribution in [2.45, 2.75) is 72.3 Å². The van der Waals surface area contributed by atoms with E-state index in [1.165, 1.54) is 51.6 Å². The molecule has 1 saturated heterocycles. The molecule has 0 aromatic heterocycles. The second-order valence-corrected chi connectivity index (χ2v) is 6.27. The van der Waals surface area contributed by atoms with E-state index in [1.54, 1.807) is 0 Å². The molecule has 1 nitrogen and oxygen atoms in total. The Hall–Kier alpha value is -0.0400. The maximum Gasteiger partial charge on any atom is 0.00694 e. The first-order valence-corrected chi connectivity index (χ1v) is 7.33. The molecule has 1 aliphatic rings. The number of nitrogens with zero attached hydrogens (tertiary/aromatic N) is 1. The molecule has 0 spiro atoms. The van der Waals surface area contributed by atoms with Crippen molar-refractivity contribution in [2.75, 3.05) is 13.1 Å². The van der Waals surface area contributed by atoms with Crippen LogP contribution in [0.15, 0.2) is 0 Å². The summed E-state index contributed by atoms with van der Waals surface area (Å²) < 4.78 is 0. The van der Waals surface area contributed by atoms with E-state index in [0.717, 1.165) is 17.9 Å². The van der Waals surface area contributed by atoms with Gasteiger partial charge >= 0.3 is 0 Å². The van der Waals surface area contributed by atoms with E-state index in [2.05, 4.69) is 32.6 Å². The van der Waals surface area contributed by atoms with Crippen LogP contribution < -0.4 is 0 Å². The van der Waals surface area contributed by atoms with Crippen LogP contribution >= 0.6 is 0 Å². The third-order valence-electron chi connectivity index (χ3n) is 3.88. The summed E-state index contributed by atoms with van der Waals surface area (Å²) in [5.74, 6) is 1.74. The summed E-state index contributed by atoms with van der Waals surface area (Å²) in [7, 11) is 0. The number of hydrogen-bond acceptors (Lipinski definition) is 1. The third kappa shape index (κ3) is 5.34. The molecule has 1 rings (SSSR count). The van der Waals surface area contributed by atoms with Gasteiger partial charge in [-0.1, -0.05) is 33.6 Å². The highest BCUT2D eigenvalue weighted by atomic mass is 15.1. The Morgan fingerprint density at radius 1 is 0.812 bits per heavy atom. The monoisotopic (exact) mass is 225 g/mol. The van der Waals surface area contributed by atoms with E-state index >= 15 is 0 Å². The van der Waals surface area contributed by atoms with Gasteiger partial charge in [-0.3, -0.25) is 0 Å². The highest BCUT2D eigenvalue weighted by Crippen LogP contribution is 2.21. The van der Waals surface area contributed by atoms with Crippen LogP contribution in [-0.2, 0) is 0 Å². The van der Waals surface area contributed by atoms with Crippen molar-refractivity contribution in [1.82, 2.24) is 4.90 Å². The Bertz CT molecular complexity index is 168. The van der Waals surface area contributed by atoms with E-state index in [1.807, 2.05) is 0 Å². The first-order valence-electron chi connectivity index (χ1n) is 7.33. The standard InChI is InChI=1S/C15H31N/c1-13(2)11-14(3)12-15(4)16-9-7-5-6-8-10-16/h13-15H,5-12H2,1-4H3. The van der Waals surface area contributed by atoms with Crippen molar-refractivity contribution >= 4 is 0 Å². The average molecular weight is 225 g/mol. The molecule has 1 aliphatic heterocycles. The van der Waals surface area contributed by atoms with E-state index in [0.29, 0.717) is 0 Å². The maximum atomic E-state index is 2.73. The molecule has 1 heteroatoms. The van der Waals surface area contributed by atoms with Gasteiger partial charge in [0.2, 0.25) is 0 Å². The van der Waals surface area contributed by atoms with Crippen molar-refractivity contribution in [3.05, 3.63) is 0 Å². The first-order chi connectivity index (χ1) is 7.59. The van der Waals surface area contributed by atoms with Gasteiger partial charge in [-0.2, -0.15) is 0 Å². The Morgan fingerprint density at radius 3 is 1.88 bits per heavy atom. The summed E-state index contributed by atoms with van der Waals surface area (Å²) in [5.41, 5.74) is 0. The summed E-state index contributed by atoms with van der Waals surface area (Å²) in [6.07, 6.45) is 8.51. The van der Waals surface area contributed by atoms with Gasteiger partial charge in [-0.25, -0.2) is 0 Å². The van der Waals surface area contributed by atoms with Gasteiger partial charge in [-0.15, -0.1) is 0 Å². The summed E-state index contributed by atoms with van der Waals surface area (Å²) in [6.45, 7) is 12.2. The van der Waals surface area contributed by atoms with Crippen LogP contribution in [0.5, 0.6) is 0 Å². The van der Waals surface area contributed by atoms with Gasteiger partial charge in [-0.05, 0) is 57.5 Å². The van der Waals surface area contributed by atoms with Gasteiger partial charge in [0.15, 0.2) is 0 Å². The molecule has 2 unspecified atom stereocenters. The van der Waals surface area contributed by atoms with E-state index < -0.39 is 0 Å². The van der Waals surface area contributed by atoms with Crippen molar-refractivity contribution in [3.8, 4) is 0 Å². The lowest BCUT2D eigenvalue weighted by atomic mass is 9.92. The van der Waals surface area contributed by atoms with Crippen LogP contribution in [0.1, 0.15) is 66.2 Å². The fourth-order valence-corrected chi connectivity index (χ4v) is 3.17. The topological polar surface area (TPSA) is 3.24 Å². The highest BCUT2D eigenvalue weighted by Gasteiger charge is 2.18. The molecule has 0 aromatic carbocycles. The van der Waals surface area contributed by atoms with Crippen LogP contribution in [0.25, 0.3) is 0 Å². The summed E-state index contributed by atoms with van der Waals surface area (Å²) in [5, 5.41) is 0. The smallest absolute Gasteiger partial charge is 0.00694 e. The number of rotatable bonds is 5. The molecule has 0 aromatic rings. The molecule has 0 amide bonds. The van der Waals surface area contributed by atoms with Crippen LogP contribution in [-0.4, -0.2) is 24.0 Å². The molecule has 0 N–H and O–H groups in total. The van der Waals surface area contributed by atoms with Gasteiger partial charge in [0.25, 0.3) is 0 Å². The zero-order valence-electron chi connectivity index (χ0n) is 11.8. The average Bonchev–Trinajstić information content (AvgIpc) is 2.43. The minimum Gasteiger partial charge on any atom is -0.301 e. The molecular formula is C15H31N. The van der Waals surface area contributed by atoms with Crippen LogP contribution in [0.4, 0.5) is 0 Å². The van der Waals surface area contributed by atoms with Gasteiger partial charge in [0.1, 0.15) is 0 Å².